The molecule has 172 valence electrons. The fourth-order valence-electron chi connectivity index (χ4n) is 5.56. The fourth-order valence-corrected chi connectivity index (χ4v) is 6.80. The topological polar surface area (TPSA) is 53.0 Å². The van der Waals surface area contributed by atoms with Gasteiger partial charge in [-0.05, 0) is 77.2 Å². The van der Waals surface area contributed by atoms with Crippen molar-refractivity contribution in [3.8, 4) is 5.75 Å². The Kier molecular flexibility index (Phi) is 5.36. The van der Waals surface area contributed by atoms with Crippen molar-refractivity contribution < 1.29 is 14.6 Å². The Balaban J connectivity index is 1.38. The minimum Gasteiger partial charge on any atom is -0.497 e. The zero-order valence-corrected chi connectivity index (χ0v) is 20.4. The molecule has 5 nitrogen and oxygen atoms in total. The average molecular weight is 489 g/mol. The van der Waals surface area contributed by atoms with Crippen molar-refractivity contribution in [3.63, 3.8) is 0 Å². The van der Waals surface area contributed by atoms with Gasteiger partial charge in [0.15, 0.2) is 0 Å². The van der Waals surface area contributed by atoms with Crippen molar-refractivity contribution in [2.45, 2.75) is 31.2 Å². The van der Waals surface area contributed by atoms with E-state index in [0.717, 1.165) is 11.3 Å². The van der Waals surface area contributed by atoms with Gasteiger partial charge < -0.3 is 14.7 Å². The Hall–Kier alpha value is -2.87. The van der Waals surface area contributed by atoms with Gasteiger partial charge in [0.25, 0.3) is 5.91 Å². The molecule has 2 fully saturated rings. The standard InChI is InChI=1S/C27H24N2O3S2/c1-32-20-9-7-17-13-19(8-6-18(17)14-20)29-23-4-2-3-21(23)22-11-16(5-10-24(22)29)12-25-26(31)28(15-30)27(33)34-25/h5-14,21,23,30H,2-4,15H2,1H3/t21-,23-/m0/s1. The quantitative estimate of drug-likeness (QED) is 0.371. The van der Waals surface area contributed by atoms with Crippen LogP contribution in [0.3, 0.4) is 0 Å². The number of aliphatic hydroxyl groups is 1. The van der Waals surface area contributed by atoms with Gasteiger partial charge in [-0.2, -0.15) is 0 Å². The summed E-state index contributed by atoms with van der Waals surface area (Å²) in [7, 11) is 1.69. The number of thiocarbonyl (C=S) groups is 1. The average Bonchev–Trinajstić information content (AvgIpc) is 3.51. The lowest BCUT2D eigenvalue weighted by Gasteiger charge is -2.27. The number of nitrogens with zero attached hydrogens (tertiary/aromatic N) is 2. The molecule has 2 heterocycles. The maximum Gasteiger partial charge on any atom is 0.268 e. The van der Waals surface area contributed by atoms with E-state index < -0.39 is 0 Å². The maximum atomic E-state index is 12.5. The SMILES string of the molecule is COc1ccc2cc(N3c4ccc(C=C5SC(=S)N(CO)C5=O)cc4[C@@H]4CCC[C@@H]43)ccc2c1. The van der Waals surface area contributed by atoms with Gasteiger partial charge in [0.05, 0.1) is 12.0 Å². The molecule has 0 spiro atoms. The summed E-state index contributed by atoms with van der Waals surface area (Å²) in [4.78, 5) is 16.8. The number of hydrogen-bond acceptors (Lipinski definition) is 6. The highest BCUT2D eigenvalue weighted by molar-refractivity contribution is 8.26. The lowest BCUT2D eigenvalue weighted by molar-refractivity contribution is -0.124. The Labute approximate surface area is 208 Å². The molecule has 0 radical (unpaired) electrons. The number of rotatable bonds is 4. The van der Waals surface area contributed by atoms with Crippen LogP contribution in [-0.2, 0) is 4.79 Å². The summed E-state index contributed by atoms with van der Waals surface area (Å²) in [5.74, 6) is 1.12. The van der Waals surface area contributed by atoms with Gasteiger partial charge in [0.2, 0.25) is 0 Å². The predicted molar refractivity (Wildman–Crippen MR) is 142 cm³/mol. The van der Waals surface area contributed by atoms with Gasteiger partial charge in [-0.15, -0.1) is 0 Å². The largest absolute Gasteiger partial charge is 0.497 e. The van der Waals surface area contributed by atoms with Crippen LogP contribution in [0.1, 0.15) is 36.3 Å². The molecule has 1 aliphatic carbocycles. The molecular formula is C27H24N2O3S2. The lowest BCUT2D eigenvalue weighted by atomic mass is 9.96. The molecule has 2 aliphatic heterocycles. The van der Waals surface area contributed by atoms with E-state index in [-0.39, 0.29) is 12.6 Å². The van der Waals surface area contributed by atoms with Crippen LogP contribution in [0.2, 0.25) is 0 Å². The molecule has 3 aromatic carbocycles. The number of hydrogen-bond donors (Lipinski definition) is 1. The fraction of sp³-hybridized carbons (Fsp3) is 0.259. The molecule has 3 aliphatic rings. The maximum absolute atomic E-state index is 12.5. The zero-order valence-electron chi connectivity index (χ0n) is 18.7. The Bertz CT molecular complexity index is 1370. The first-order valence-electron chi connectivity index (χ1n) is 11.4. The smallest absolute Gasteiger partial charge is 0.268 e. The highest BCUT2D eigenvalue weighted by atomic mass is 32.2. The van der Waals surface area contributed by atoms with E-state index in [2.05, 4.69) is 53.4 Å². The molecule has 34 heavy (non-hydrogen) atoms. The molecule has 0 aromatic heterocycles. The summed E-state index contributed by atoms with van der Waals surface area (Å²) >= 11 is 6.47. The van der Waals surface area contributed by atoms with Crippen LogP contribution in [0.25, 0.3) is 16.8 Å². The van der Waals surface area contributed by atoms with Gasteiger partial charge in [0, 0.05) is 23.3 Å². The van der Waals surface area contributed by atoms with E-state index in [1.807, 2.05) is 12.1 Å². The van der Waals surface area contributed by atoms with Gasteiger partial charge >= 0.3 is 0 Å². The monoisotopic (exact) mass is 488 g/mol. The number of ether oxygens (including phenoxy) is 1. The molecule has 6 rings (SSSR count). The Morgan fingerprint density at radius 1 is 1.12 bits per heavy atom. The number of carbonyl (C=O) groups excluding carboxylic acids is 1. The van der Waals surface area contributed by atoms with E-state index in [9.17, 15) is 9.90 Å². The molecule has 1 N–H and O–H groups in total. The predicted octanol–water partition coefficient (Wildman–Crippen LogP) is 5.79. The van der Waals surface area contributed by atoms with Crippen LogP contribution in [0.5, 0.6) is 5.75 Å². The molecule has 2 atom stereocenters. The number of aliphatic hydroxyl groups excluding tert-OH is 1. The third-order valence-electron chi connectivity index (χ3n) is 7.14. The third kappa shape index (κ3) is 3.42. The highest BCUT2D eigenvalue weighted by Gasteiger charge is 2.42. The molecule has 3 aromatic rings. The minimum atomic E-state index is -0.385. The van der Waals surface area contributed by atoms with Gasteiger partial charge in [-0.1, -0.05) is 48.6 Å². The van der Waals surface area contributed by atoms with Crippen molar-refractivity contribution in [1.29, 1.82) is 0 Å². The van der Waals surface area contributed by atoms with Crippen LogP contribution in [-0.4, -0.2) is 40.1 Å². The molecule has 1 saturated carbocycles. The molecule has 7 heteroatoms. The van der Waals surface area contributed by atoms with Crippen molar-refractivity contribution in [1.82, 2.24) is 4.90 Å². The number of thioether (sulfide) groups is 1. The van der Waals surface area contributed by atoms with E-state index in [0.29, 0.717) is 21.2 Å². The van der Waals surface area contributed by atoms with E-state index >= 15 is 0 Å². The summed E-state index contributed by atoms with van der Waals surface area (Å²) in [6.07, 6.45) is 5.46. The summed E-state index contributed by atoms with van der Waals surface area (Å²) in [5.41, 5.74) is 4.81. The van der Waals surface area contributed by atoms with Crippen molar-refractivity contribution in [3.05, 3.63) is 70.6 Å². The van der Waals surface area contributed by atoms with Crippen LogP contribution >= 0.6 is 24.0 Å². The Morgan fingerprint density at radius 3 is 2.74 bits per heavy atom. The first-order chi connectivity index (χ1) is 16.6. The summed E-state index contributed by atoms with van der Waals surface area (Å²) in [6, 6.07) is 19.8. The van der Waals surface area contributed by atoms with Gasteiger partial charge in [0.1, 0.15) is 16.8 Å². The lowest BCUT2D eigenvalue weighted by Crippen LogP contribution is -2.28. The van der Waals surface area contributed by atoms with E-state index in [1.165, 1.54) is 63.6 Å². The number of methoxy groups -OCH3 is 1. The van der Waals surface area contributed by atoms with Crippen LogP contribution < -0.4 is 9.64 Å². The van der Waals surface area contributed by atoms with E-state index in [1.54, 1.807) is 7.11 Å². The van der Waals surface area contributed by atoms with Crippen molar-refractivity contribution in [2.24, 2.45) is 0 Å². The number of carbonyl (C=O) groups is 1. The van der Waals surface area contributed by atoms with Gasteiger partial charge in [-0.25, -0.2) is 0 Å². The van der Waals surface area contributed by atoms with Crippen molar-refractivity contribution in [2.75, 3.05) is 18.7 Å². The first kappa shape index (κ1) is 21.6. The highest BCUT2D eigenvalue weighted by Crippen LogP contribution is 2.53. The molecule has 1 saturated heterocycles. The summed E-state index contributed by atoms with van der Waals surface area (Å²) in [6.45, 7) is -0.385. The second kappa shape index (κ2) is 8.41. The molecule has 0 unspecified atom stereocenters. The normalized spacial score (nSPS) is 22.7. The number of benzene rings is 3. The van der Waals surface area contributed by atoms with Crippen LogP contribution in [0.4, 0.5) is 11.4 Å². The second-order valence-electron chi connectivity index (χ2n) is 8.94. The zero-order chi connectivity index (χ0) is 23.4. The van der Waals surface area contributed by atoms with Gasteiger partial charge in [-0.3, -0.25) is 9.69 Å². The number of anilines is 2. The number of amides is 1. The van der Waals surface area contributed by atoms with Crippen LogP contribution in [0.15, 0.2) is 59.5 Å². The Morgan fingerprint density at radius 2 is 1.94 bits per heavy atom. The van der Waals surface area contributed by atoms with E-state index in [4.69, 9.17) is 17.0 Å². The molecule has 0 bridgehead atoms. The number of fused-ring (bicyclic) bond motifs is 4. The first-order valence-corrected chi connectivity index (χ1v) is 12.7. The third-order valence-corrected chi connectivity index (χ3v) is 8.52. The molecular weight excluding hydrogens is 464 g/mol. The summed E-state index contributed by atoms with van der Waals surface area (Å²) < 4.78 is 5.78. The van der Waals surface area contributed by atoms with Crippen LogP contribution in [0, 0.1) is 0 Å². The minimum absolute atomic E-state index is 0.230. The molecule has 1 amide bonds. The second-order valence-corrected chi connectivity index (χ2v) is 10.6. The van der Waals surface area contributed by atoms with Crippen molar-refractivity contribution >= 4 is 62.4 Å². The summed E-state index contributed by atoms with van der Waals surface area (Å²) in [5, 5.41) is 11.8.